The van der Waals surface area contributed by atoms with Crippen molar-refractivity contribution in [3.05, 3.63) is 59.4 Å². The highest BCUT2D eigenvalue weighted by Gasteiger charge is 2.64. The number of amidine groups is 1. The summed E-state index contributed by atoms with van der Waals surface area (Å²) in [7, 11) is 3.21. The van der Waals surface area contributed by atoms with Crippen LogP contribution in [0.5, 0.6) is 5.88 Å². The zero-order valence-electron chi connectivity index (χ0n) is 20.2. The van der Waals surface area contributed by atoms with E-state index in [1.54, 1.807) is 27.1 Å². The molecule has 3 aromatic rings. The van der Waals surface area contributed by atoms with Crippen LogP contribution in [0, 0.1) is 18.7 Å². The molecule has 3 N–H and O–H groups in total. The molecule has 0 bridgehead atoms. The van der Waals surface area contributed by atoms with Gasteiger partial charge in [-0.15, -0.1) is 0 Å². The number of aryl methyl sites for hydroxylation is 1. The third-order valence-corrected chi connectivity index (χ3v) is 7.45. The second kappa shape index (κ2) is 10.6. The van der Waals surface area contributed by atoms with Crippen molar-refractivity contribution in [2.45, 2.75) is 31.1 Å². The Bertz CT molecular complexity index is 1270. The second-order valence-corrected chi connectivity index (χ2v) is 9.65. The van der Waals surface area contributed by atoms with Crippen LogP contribution in [0.25, 0.3) is 0 Å². The number of nitrogens with zero attached hydrogens (tertiary/aromatic N) is 5. The van der Waals surface area contributed by atoms with Gasteiger partial charge in [0.05, 0.1) is 23.7 Å². The van der Waals surface area contributed by atoms with Crippen LogP contribution in [0.3, 0.4) is 0 Å². The molecule has 2 unspecified atom stereocenters. The number of amides is 1. The average Bonchev–Trinajstić information content (AvgIpc) is 3.18. The van der Waals surface area contributed by atoms with Gasteiger partial charge in [-0.1, -0.05) is 23.8 Å². The maximum Gasteiger partial charge on any atom is 0.275 e. The van der Waals surface area contributed by atoms with Crippen LogP contribution in [0.2, 0.25) is 0 Å². The number of ether oxygens (including phenoxy) is 2. The van der Waals surface area contributed by atoms with Gasteiger partial charge in [-0.2, -0.15) is 4.98 Å². The van der Waals surface area contributed by atoms with E-state index in [2.05, 4.69) is 30.4 Å². The van der Waals surface area contributed by atoms with Crippen molar-refractivity contribution in [1.82, 2.24) is 20.1 Å². The molecule has 3 atom stereocenters. The van der Waals surface area contributed by atoms with Gasteiger partial charge in [0.25, 0.3) is 11.8 Å². The Kier molecular flexibility index (Phi) is 7.50. The zero-order chi connectivity index (χ0) is 25.9. The number of benzene rings is 1. The van der Waals surface area contributed by atoms with Crippen LogP contribution in [0.15, 0.2) is 40.1 Å². The molecule has 2 aromatic heterocycles. The number of carbonyl (C=O) groups is 1. The molecule has 4 rings (SSSR count). The SMILES string of the molecule is C/N=C(/N)S[C@@]1(COC)C(C)C1c1cc(NC(=O)c2cnc(OCc3nc(C)no3)cn2)ccc1F. The fraction of sp³-hybridized carbons (Fsp3) is 0.391. The number of thioether (sulfide) groups is 1. The summed E-state index contributed by atoms with van der Waals surface area (Å²) in [5.74, 6) is 0.0305. The number of anilines is 1. The lowest BCUT2D eigenvalue weighted by Gasteiger charge is -2.17. The Labute approximate surface area is 211 Å². The molecule has 1 aliphatic carbocycles. The predicted octanol–water partition coefficient (Wildman–Crippen LogP) is 2.93. The number of carbonyl (C=O) groups excluding carboxylic acids is 1. The van der Waals surface area contributed by atoms with E-state index in [1.807, 2.05) is 6.92 Å². The largest absolute Gasteiger partial charge is 0.466 e. The lowest BCUT2D eigenvalue weighted by atomic mass is 10.1. The highest BCUT2D eigenvalue weighted by molar-refractivity contribution is 8.15. The van der Waals surface area contributed by atoms with E-state index in [0.29, 0.717) is 34.7 Å². The summed E-state index contributed by atoms with van der Waals surface area (Å²) in [5, 5.41) is 6.83. The molecular weight excluding hydrogens is 489 g/mol. The van der Waals surface area contributed by atoms with E-state index in [4.69, 9.17) is 19.7 Å². The topological polar surface area (TPSA) is 151 Å². The number of hydrogen-bond acceptors (Lipinski definition) is 10. The van der Waals surface area contributed by atoms with Gasteiger partial charge in [-0.05, 0) is 36.6 Å². The van der Waals surface area contributed by atoms with E-state index in [9.17, 15) is 9.18 Å². The van der Waals surface area contributed by atoms with Crippen LogP contribution in [-0.4, -0.2) is 56.7 Å². The standard InChI is InChI=1S/C23H26FN7O4S/c1-12-20(23(12,11-33-4)36-22(25)26-3)15-7-14(5-6-16(15)24)30-21(32)17-8-28-18(9-27-17)34-10-19-29-13(2)31-35-19/h5-9,12,20H,10-11H2,1-4H3,(H2,25,26)(H,30,32)/t12?,20?,23-/m0/s1. The fourth-order valence-electron chi connectivity index (χ4n) is 4.10. The average molecular weight is 516 g/mol. The zero-order valence-corrected chi connectivity index (χ0v) is 21.0. The molecule has 2 heterocycles. The highest BCUT2D eigenvalue weighted by atomic mass is 32.2. The number of aliphatic imine (C=N–C) groups is 1. The number of nitrogens with two attached hydrogens (primary N) is 1. The minimum Gasteiger partial charge on any atom is -0.466 e. The fourth-order valence-corrected chi connectivity index (χ4v) is 5.47. The first-order valence-corrected chi connectivity index (χ1v) is 11.8. The van der Waals surface area contributed by atoms with Gasteiger partial charge in [-0.3, -0.25) is 9.79 Å². The van der Waals surface area contributed by atoms with Crippen molar-refractivity contribution in [3.8, 4) is 5.88 Å². The van der Waals surface area contributed by atoms with Crippen LogP contribution in [0.4, 0.5) is 10.1 Å². The van der Waals surface area contributed by atoms with Crippen molar-refractivity contribution in [3.63, 3.8) is 0 Å². The van der Waals surface area contributed by atoms with E-state index in [0.717, 1.165) is 0 Å². The van der Waals surface area contributed by atoms with Gasteiger partial charge in [0, 0.05) is 25.8 Å². The summed E-state index contributed by atoms with van der Waals surface area (Å²) < 4.78 is 30.2. The molecule has 11 nitrogen and oxygen atoms in total. The van der Waals surface area contributed by atoms with Gasteiger partial charge < -0.3 is 25.0 Å². The summed E-state index contributed by atoms with van der Waals surface area (Å²) >= 11 is 1.38. The number of aromatic nitrogens is 4. The molecule has 0 saturated heterocycles. The molecular formula is C23H26FN7O4S. The smallest absolute Gasteiger partial charge is 0.275 e. The normalized spacial score (nSPS) is 21.3. The lowest BCUT2D eigenvalue weighted by Crippen LogP contribution is -2.22. The molecule has 1 aromatic carbocycles. The first-order chi connectivity index (χ1) is 17.3. The van der Waals surface area contributed by atoms with Crippen molar-refractivity contribution < 1.29 is 23.2 Å². The summed E-state index contributed by atoms with van der Waals surface area (Å²) in [5.41, 5.74) is 6.93. The quantitative estimate of drug-likeness (QED) is 0.321. The predicted molar refractivity (Wildman–Crippen MR) is 131 cm³/mol. The van der Waals surface area contributed by atoms with Crippen molar-refractivity contribution in [1.29, 1.82) is 0 Å². The summed E-state index contributed by atoms with van der Waals surface area (Å²) in [6, 6.07) is 4.45. The molecule has 13 heteroatoms. The molecule has 190 valence electrons. The van der Waals surface area contributed by atoms with Crippen molar-refractivity contribution in [2.75, 3.05) is 26.1 Å². The van der Waals surface area contributed by atoms with Gasteiger partial charge in [0.15, 0.2) is 17.6 Å². The maximum absolute atomic E-state index is 14.9. The van der Waals surface area contributed by atoms with E-state index in [-0.39, 0.29) is 35.8 Å². The number of hydrogen-bond donors (Lipinski definition) is 2. The van der Waals surface area contributed by atoms with Crippen LogP contribution in [-0.2, 0) is 11.3 Å². The van der Waals surface area contributed by atoms with Gasteiger partial charge in [0.1, 0.15) is 11.5 Å². The Hall–Kier alpha value is -3.58. The number of rotatable bonds is 9. The van der Waals surface area contributed by atoms with Crippen LogP contribution >= 0.6 is 11.8 Å². The molecule has 1 amide bonds. The summed E-state index contributed by atoms with van der Waals surface area (Å²) in [6.45, 7) is 4.12. The molecule has 0 spiro atoms. The number of halogens is 1. The van der Waals surface area contributed by atoms with Crippen molar-refractivity contribution in [2.24, 2.45) is 16.6 Å². The minimum atomic E-state index is -0.497. The Balaban J connectivity index is 1.44. The van der Waals surface area contributed by atoms with Crippen molar-refractivity contribution >= 4 is 28.5 Å². The summed E-state index contributed by atoms with van der Waals surface area (Å²) in [4.78, 5) is 29.0. The van der Waals surface area contributed by atoms with Crippen LogP contribution in [0.1, 0.15) is 40.6 Å². The van der Waals surface area contributed by atoms with E-state index in [1.165, 1.54) is 36.3 Å². The van der Waals surface area contributed by atoms with Crippen LogP contribution < -0.4 is 15.8 Å². The van der Waals surface area contributed by atoms with Gasteiger partial charge in [0.2, 0.25) is 5.88 Å². The molecule has 0 radical (unpaired) electrons. The Morgan fingerprint density at radius 2 is 2.17 bits per heavy atom. The number of nitrogens with one attached hydrogen (secondary N) is 1. The second-order valence-electron chi connectivity index (χ2n) is 8.27. The monoisotopic (exact) mass is 515 g/mol. The molecule has 1 saturated carbocycles. The number of methoxy groups -OCH3 is 1. The molecule has 0 aliphatic heterocycles. The first-order valence-electron chi connectivity index (χ1n) is 11.0. The summed E-state index contributed by atoms with van der Waals surface area (Å²) in [6.07, 6.45) is 2.60. The Morgan fingerprint density at radius 1 is 1.36 bits per heavy atom. The highest BCUT2D eigenvalue weighted by Crippen LogP contribution is 2.65. The molecule has 1 aliphatic rings. The Morgan fingerprint density at radius 3 is 2.81 bits per heavy atom. The lowest BCUT2D eigenvalue weighted by molar-refractivity contribution is 0.102. The third kappa shape index (κ3) is 5.31. The minimum absolute atomic E-state index is 0.0254. The third-order valence-electron chi connectivity index (χ3n) is 5.94. The van der Waals surface area contributed by atoms with Gasteiger partial charge >= 0.3 is 0 Å². The van der Waals surface area contributed by atoms with Gasteiger partial charge in [-0.25, -0.2) is 14.4 Å². The maximum atomic E-state index is 14.9. The van der Waals surface area contributed by atoms with E-state index >= 15 is 0 Å². The van der Waals surface area contributed by atoms with E-state index < -0.39 is 10.7 Å². The first kappa shape index (κ1) is 25.5. The molecule has 36 heavy (non-hydrogen) atoms. The molecule has 1 fully saturated rings.